The van der Waals surface area contributed by atoms with Gasteiger partial charge < -0.3 is 9.47 Å². The van der Waals surface area contributed by atoms with Gasteiger partial charge in [0.1, 0.15) is 6.61 Å². The molecule has 3 aromatic carbocycles. The van der Waals surface area contributed by atoms with Gasteiger partial charge in [0.15, 0.2) is 11.5 Å². The standard InChI is InChI=1S/C24H16BrClN2O2/c1-29-23-12-16(10-20(14-28)17-6-8-21(26)9-7-17)11-22(25)24(23)30-15-19-5-3-2-4-18(19)13-27/h2-12H,15H2,1H3. The number of allylic oxidation sites excluding steroid dienone is 1. The number of halogens is 2. The van der Waals surface area contributed by atoms with Crippen LogP contribution in [0.5, 0.6) is 11.5 Å². The number of rotatable bonds is 6. The van der Waals surface area contributed by atoms with Gasteiger partial charge in [-0.2, -0.15) is 10.5 Å². The third-order valence-corrected chi connectivity index (χ3v) is 5.19. The first-order chi connectivity index (χ1) is 14.5. The Morgan fingerprint density at radius 2 is 1.83 bits per heavy atom. The highest BCUT2D eigenvalue weighted by atomic mass is 79.9. The highest BCUT2D eigenvalue weighted by Crippen LogP contribution is 2.38. The molecule has 3 rings (SSSR count). The van der Waals surface area contributed by atoms with Crippen molar-refractivity contribution in [2.75, 3.05) is 7.11 Å². The van der Waals surface area contributed by atoms with Gasteiger partial charge in [0.05, 0.1) is 34.9 Å². The number of benzene rings is 3. The van der Waals surface area contributed by atoms with Crippen molar-refractivity contribution in [3.05, 3.63) is 92.4 Å². The quantitative estimate of drug-likeness (QED) is 0.294. The van der Waals surface area contributed by atoms with Crippen LogP contribution < -0.4 is 9.47 Å². The Bertz CT molecular complexity index is 1180. The molecule has 0 spiro atoms. The molecule has 0 aliphatic carbocycles. The molecule has 0 aromatic heterocycles. The molecule has 6 heteroatoms. The van der Waals surface area contributed by atoms with E-state index in [-0.39, 0.29) is 6.61 Å². The van der Waals surface area contributed by atoms with Gasteiger partial charge in [0, 0.05) is 10.6 Å². The van der Waals surface area contributed by atoms with Crippen LogP contribution >= 0.6 is 27.5 Å². The first-order valence-electron chi connectivity index (χ1n) is 8.91. The van der Waals surface area contributed by atoms with Crippen molar-refractivity contribution in [2.24, 2.45) is 0 Å². The summed E-state index contributed by atoms with van der Waals surface area (Å²) in [5, 5.41) is 19.4. The Morgan fingerprint density at radius 1 is 1.10 bits per heavy atom. The van der Waals surface area contributed by atoms with E-state index < -0.39 is 0 Å². The molecule has 4 nitrogen and oxygen atoms in total. The maximum absolute atomic E-state index is 9.57. The van der Waals surface area contributed by atoms with Crippen molar-refractivity contribution in [3.63, 3.8) is 0 Å². The second kappa shape index (κ2) is 9.98. The van der Waals surface area contributed by atoms with E-state index in [1.807, 2.05) is 24.3 Å². The lowest BCUT2D eigenvalue weighted by Crippen LogP contribution is -2.01. The van der Waals surface area contributed by atoms with E-state index in [9.17, 15) is 10.5 Å². The Hall–Kier alpha value is -3.25. The first-order valence-corrected chi connectivity index (χ1v) is 10.1. The summed E-state index contributed by atoms with van der Waals surface area (Å²) in [6.07, 6.45) is 1.77. The fourth-order valence-corrected chi connectivity index (χ4v) is 3.54. The molecule has 0 saturated heterocycles. The van der Waals surface area contributed by atoms with Crippen LogP contribution in [0, 0.1) is 22.7 Å². The van der Waals surface area contributed by atoms with Gasteiger partial charge in [-0.3, -0.25) is 0 Å². The Morgan fingerprint density at radius 3 is 2.50 bits per heavy atom. The first kappa shape index (κ1) is 21.5. The number of methoxy groups -OCH3 is 1. The summed E-state index contributed by atoms with van der Waals surface area (Å²) in [4.78, 5) is 0. The molecule has 30 heavy (non-hydrogen) atoms. The van der Waals surface area contributed by atoms with Gasteiger partial charge in [0.2, 0.25) is 0 Å². The minimum atomic E-state index is 0.224. The van der Waals surface area contributed by atoms with Crippen LogP contribution in [-0.2, 0) is 6.61 Å². The summed E-state index contributed by atoms with van der Waals surface area (Å²) < 4.78 is 12.1. The lowest BCUT2D eigenvalue weighted by atomic mass is 10.0. The summed E-state index contributed by atoms with van der Waals surface area (Å²) in [5.41, 5.74) is 3.39. The Labute approximate surface area is 188 Å². The number of nitrogens with zero attached hydrogens (tertiary/aromatic N) is 2. The summed E-state index contributed by atoms with van der Waals surface area (Å²) in [5.74, 6) is 1.03. The molecule has 0 aliphatic rings. The zero-order valence-corrected chi connectivity index (χ0v) is 18.4. The second-order valence-electron chi connectivity index (χ2n) is 6.27. The molecular weight excluding hydrogens is 464 g/mol. The predicted molar refractivity (Wildman–Crippen MR) is 121 cm³/mol. The zero-order valence-electron chi connectivity index (χ0n) is 16.0. The molecule has 0 aliphatic heterocycles. The molecule has 0 unspecified atom stereocenters. The molecule has 3 aromatic rings. The molecule has 0 saturated carbocycles. The van der Waals surface area contributed by atoms with E-state index in [1.54, 1.807) is 49.6 Å². The molecule has 148 valence electrons. The van der Waals surface area contributed by atoms with Gasteiger partial charge in [-0.15, -0.1) is 0 Å². The van der Waals surface area contributed by atoms with E-state index in [0.717, 1.165) is 16.7 Å². The SMILES string of the molecule is COc1cc(C=C(C#N)c2ccc(Cl)cc2)cc(Br)c1OCc1ccccc1C#N. The third kappa shape index (κ3) is 5.02. The van der Waals surface area contributed by atoms with E-state index in [1.165, 1.54) is 0 Å². The zero-order chi connectivity index (χ0) is 21.5. The molecular formula is C24H16BrClN2O2. The molecule has 0 atom stereocenters. The fraction of sp³-hybridized carbons (Fsp3) is 0.0833. The number of hydrogen-bond donors (Lipinski definition) is 0. The average Bonchev–Trinajstić information content (AvgIpc) is 2.77. The average molecular weight is 480 g/mol. The van der Waals surface area contributed by atoms with Gasteiger partial charge in [-0.25, -0.2) is 0 Å². The van der Waals surface area contributed by atoms with Crippen molar-refractivity contribution in [2.45, 2.75) is 6.61 Å². The molecule has 0 heterocycles. The van der Waals surface area contributed by atoms with Crippen molar-refractivity contribution < 1.29 is 9.47 Å². The normalized spacial score (nSPS) is 10.8. The van der Waals surface area contributed by atoms with Gasteiger partial charge in [0.25, 0.3) is 0 Å². The molecule has 0 amide bonds. The number of hydrogen-bond acceptors (Lipinski definition) is 4. The minimum Gasteiger partial charge on any atom is -0.493 e. The lowest BCUT2D eigenvalue weighted by Gasteiger charge is -2.14. The Balaban J connectivity index is 1.91. The van der Waals surface area contributed by atoms with Crippen LogP contribution in [0.2, 0.25) is 5.02 Å². The van der Waals surface area contributed by atoms with E-state index in [4.69, 9.17) is 21.1 Å². The summed E-state index contributed by atoms with van der Waals surface area (Å²) in [6, 6.07) is 22.4. The molecule has 0 fully saturated rings. The van der Waals surface area contributed by atoms with Gasteiger partial charge >= 0.3 is 0 Å². The lowest BCUT2D eigenvalue weighted by molar-refractivity contribution is 0.282. The van der Waals surface area contributed by atoms with Crippen LogP contribution in [0.1, 0.15) is 22.3 Å². The van der Waals surface area contributed by atoms with Gasteiger partial charge in [-0.05, 0) is 63.5 Å². The topological polar surface area (TPSA) is 66.0 Å². The van der Waals surface area contributed by atoms with Crippen LogP contribution in [0.15, 0.2) is 65.1 Å². The largest absolute Gasteiger partial charge is 0.493 e. The van der Waals surface area contributed by atoms with Crippen LogP contribution in [0.25, 0.3) is 11.6 Å². The number of nitriles is 2. The monoisotopic (exact) mass is 478 g/mol. The fourth-order valence-electron chi connectivity index (χ4n) is 2.84. The van der Waals surface area contributed by atoms with Crippen molar-refractivity contribution >= 4 is 39.2 Å². The van der Waals surface area contributed by atoms with Crippen molar-refractivity contribution in [3.8, 4) is 23.6 Å². The van der Waals surface area contributed by atoms with Crippen LogP contribution in [0.3, 0.4) is 0 Å². The van der Waals surface area contributed by atoms with Crippen molar-refractivity contribution in [1.82, 2.24) is 0 Å². The van der Waals surface area contributed by atoms with Crippen LogP contribution in [0.4, 0.5) is 0 Å². The summed E-state index contributed by atoms with van der Waals surface area (Å²) >= 11 is 9.46. The number of ether oxygens (including phenoxy) is 2. The van der Waals surface area contributed by atoms with E-state index in [0.29, 0.717) is 32.1 Å². The minimum absolute atomic E-state index is 0.224. The summed E-state index contributed by atoms with van der Waals surface area (Å²) in [7, 11) is 1.55. The Kier molecular flexibility index (Phi) is 7.14. The smallest absolute Gasteiger partial charge is 0.175 e. The molecule has 0 radical (unpaired) electrons. The van der Waals surface area contributed by atoms with Crippen molar-refractivity contribution in [1.29, 1.82) is 10.5 Å². The predicted octanol–water partition coefficient (Wildman–Crippen LogP) is 6.63. The van der Waals surface area contributed by atoms with E-state index in [2.05, 4.69) is 28.1 Å². The molecule has 0 bridgehead atoms. The molecule has 0 N–H and O–H groups in total. The van der Waals surface area contributed by atoms with Gasteiger partial charge in [-0.1, -0.05) is 41.9 Å². The van der Waals surface area contributed by atoms with E-state index >= 15 is 0 Å². The highest BCUT2D eigenvalue weighted by molar-refractivity contribution is 9.10. The maximum atomic E-state index is 9.57. The van der Waals surface area contributed by atoms with Crippen LogP contribution in [-0.4, -0.2) is 7.11 Å². The highest BCUT2D eigenvalue weighted by Gasteiger charge is 2.13. The summed E-state index contributed by atoms with van der Waals surface area (Å²) in [6.45, 7) is 0.224. The maximum Gasteiger partial charge on any atom is 0.175 e. The third-order valence-electron chi connectivity index (χ3n) is 4.35. The second-order valence-corrected chi connectivity index (χ2v) is 7.56.